The number of carboxylic acids is 1. The number of nitrogens with zero attached hydrogens (tertiary/aromatic N) is 2. The summed E-state index contributed by atoms with van der Waals surface area (Å²) in [4.78, 5) is 24.8. The molecule has 110 valence electrons. The van der Waals surface area contributed by atoms with Crippen LogP contribution in [0, 0.1) is 10.1 Å². The zero-order valence-corrected chi connectivity index (χ0v) is 14.1. The van der Waals surface area contributed by atoms with Gasteiger partial charge in [0.1, 0.15) is 12.4 Å². The molecule has 0 saturated carbocycles. The molecule has 1 aromatic carbocycles. The summed E-state index contributed by atoms with van der Waals surface area (Å²) in [7, 11) is 0. The summed E-state index contributed by atoms with van der Waals surface area (Å²) < 4.78 is 6.34. The van der Waals surface area contributed by atoms with E-state index in [4.69, 9.17) is 9.84 Å². The number of nitro groups is 1. The monoisotopic (exact) mass is 436 g/mol. The van der Waals surface area contributed by atoms with Crippen LogP contribution < -0.4 is 4.74 Å². The van der Waals surface area contributed by atoms with Crippen LogP contribution in [0.2, 0.25) is 0 Å². The minimum Gasteiger partial charge on any atom is -0.485 e. The van der Waals surface area contributed by atoms with Crippen LogP contribution in [0.5, 0.6) is 5.75 Å². The van der Waals surface area contributed by atoms with Gasteiger partial charge in [0.25, 0.3) is 5.69 Å². The lowest BCUT2D eigenvalue weighted by molar-refractivity contribution is -0.385. The molecule has 0 spiro atoms. The van der Waals surface area contributed by atoms with E-state index in [0.717, 1.165) is 11.3 Å². The fourth-order valence-corrected chi connectivity index (χ4v) is 3.44. The van der Waals surface area contributed by atoms with Gasteiger partial charge in [0, 0.05) is 17.5 Å². The molecule has 7 nitrogen and oxygen atoms in total. The summed E-state index contributed by atoms with van der Waals surface area (Å²) in [6.45, 7) is 0.0544. The maximum atomic E-state index is 10.7. The number of hydrogen-bond donors (Lipinski definition) is 1. The average Bonchev–Trinajstić information content (AvgIpc) is 2.86. The normalized spacial score (nSPS) is 10.4. The van der Waals surface area contributed by atoms with E-state index in [2.05, 4.69) is 36.8 Å². The Kier molecular flexibility index (Phi) is 4.91. The smallest absolute Gasteiger partial charge is 0.365 e. The highest BCUT2D eigenvalue weighted by atomic mass is 79.9. The number of nitro benzene ring substituents is 1. The third-order valence-corrected chi connectivity index (χ3v) is 4.35. The Morgan fingerprint density at radius 1 is 1.43 bits per heavy atom. The van der Waals surface area contributed by atoms with E-state index in [1.54, 1.807) is 5.38 Å². The summed E-state index contributed by atoms with van der Waals surface area (Å²) >= 11 is 7.40. The second-order valence-electron chi connectivity index (χ2n) is 3.73. The summed E-state index contributed by atoms with van der Waals surface area (Å²) in [5.41, 5.74) is 0.387. The first-order valence-electron chi connectivity index (χ1n) is 5.32. The topological polar surface area (TPSA) is 103 Å². The number of halogens is 2. The quantitative estimate of drug-likeness (QED) is 0.562. The van der Waals surface area contributed by atoms with Gasteiger partial charge in [-0.3, -0.25) is 10.1 Å². The number of benzene rings is 1. The van der Waals surface area contributed by atoms with Gasteiger partial charge in [0.15, 0.2) is 0 Å². The highest BCUT2D eigenvalue weighted by Crippen LogP contribution is 2.37. The van der Waals surface area contributed by atoms with Crippen LogP contribution in [0.15, 0.2) is 26.5 Å². The Hall–Kier alpha value is -1.52. The van der Waals surface area contributed by atoms with Crippen LogP contribution in [0.3, 0.4) is 0 Å². The summed E-state index contributed by atoms with van der Waals surface area (Å²) in [5.74, 6) is -0.713. The summed E-state index contributed by atoms with van der Waals surface area (Å²) in [6.07, 6.45) is 0. The predicted octanol–water partition coefficient (Wildman–Crippen LogP) is 3.85. The third-order valence-electron chi connectivity index (χ3n) is 2.29. The van der Waals surface area contributed by atoms with Crippen LogP contribution in [0.1, 0.15) is 15.5 Å². The fourth-order valence-electron chi connectivity index (χ4n) is 1.41. The van der Waals surface area contributed by atoms with Crippen LogP contribution in [-0.2, 0) is 6.61 Å². The number of non-ortho nitro benzene ring substituents is 1. The molecular formula is C11H6Br2N2O5S. The molecule has 0 bridgehead atoms. The number of aromatic carboxylic acids is 1. The zero-order valence-electron chi connectivity index (χ0n) is 10.1. The van der Waals surface area contributed by atoms with Gasteiger partial charge in [0.05, 0.1) is 19.6 Å². The molecule has 21 heavy (non-hydrogen) atoms. The number of thiazole rings is 1. The van der Waals surface area contributed by atoms with Gasteiger partial charge in [-0.15, -0.1) is 11.3 Å². The van der Waals surface area contributed by atoms with Gasteiger partial charge in [-0.1, -0.05) is 0 Å². The Labute approximate surface area is 139 Å². The molecule has 1 N–H and O–H groups in total. The molecule has 0 unspecified atom stereocenters. The van der Waals surface area contributed by atoms with Crippen molar-refractivity contribution in [1.82, 2.24) is 4.98 Å². The first kappa shape index (κ1) is 15.9. The van der Waals surface area contributed by atoms with Gasteiger partial charge in [0.2, 0.25) is 5.01 Å². The molecule has 1 heterocycles. The largest absolute Gasteiger partial charge is 0.485 e. The molecule has 0 saturated heterocycles. The maximum absolute atomic E-state index is 10.7. The van der Waals surface area contributed by atoms with Crippen LogP contribution in [0.4, 0.5) is 5.69 Å². The number of aromatic nitrogens is 1. The van der Waals surface area contributed by atoms with Crippen molar-refractivity contribution in [3.63, 3.8) is 0 Å². The van der Waals surface area contributed by atoms with E-state index in [-0.39, 0.29) is 17.3 Å². The molecule has 1 aromatic heterocycles. The highest BCUT2D eigenvalue weighted by molar-refractivity contribution is 9.11. The Balaban J connectivity index is 2.16. The minimum atomic E-state index is -1.09. The summed E-state index contributed by atoms with van der Waals surface area (Å²) in [6, 6.07) is 2.65. The minimum absolute atomic E-state index is 0.0181. The van der Waals surface area contributed by atoms with Crippen molar-refractivity contribution in [2.45, 2.75) is 6.61 Å². The lowest BCUT2D eigenvalue weighted by Crippen LogP contribution is -2.00. The SMILES string of the molecule is O=C(O)c1nc(COc2c(Br)cc([N+](=O)[O-])cc2Br)cs1. The molecule has 2 rings (SSSR count). The molecule has 0 fully saturated rings. The number of carbonyl (C=O) groups is 1. The molecule has 0 aliphatic heterocycles. The Bertz CT molecular complexity index is 695. The van der Waals surface area contributed by atoms with Crippen molar-refractivity contribution < 1.29 is 19.6 Å². The molecule has 2 aromatic rings. The third kappa shape index (κ3) is 3.77. The predicted molar refractivity (Wildman–Crippen MR) is 81.9 cm³/mol. The second-order valence-corrected chi connectivity index (χ2v) is 6.30. The van der Waals surface area contributed by atoms with Crippen molar-refractivity contribution in [2.24, 2.45) is 0 Å². The molecule has 0 aliphatic rings. The molecule has 10 heteroatoms. The van der Waals surface area contributed by atoms with Crippen molar-refractivity contribution in [1.29, 1.82) is 0 Å². The lowest BCUT2D eigenvalue weighted by Gasteiger charge is -2.08. The van der Waals surface area contributed by atoms with Crippen LogP contribution >= 0.6 is 43.2 Å². The Morgan fingerprint density at radius 3 is 2.52 bits per heavy atom. The van der Waals surface area contributed by atoms with Gasteiger partial charge in [-0.2, -0.15) is 0 Å². The van der Waals surface area contributed by atoms with E-state index in [9.17, 15) is 14.9 Å². The molecule has 0 amide bonds. The van der Waals surface area contributed by atoms with Gasteiger partial charge in [-0.05, 0) is 31.9 Å². The lowest BCUT2D eigenvalue weighted by atomic mass is 10.3. The maximum Gasteiger partial charge on any atom is 0.365 e. The van der Waals surface area contributed by atoms with E-state index in [1.807, 2.05) is 0 Å². The van der Waals surface area contributed by atoms with Gasteiger partial charge >= 0.3 is 5.97 Å². The summed E-state index contributed by atoms with van der Waals surface area (Å²) in [5, 5.41) is 21.1. The second kappa shape index (κ2) is 6.50. The Morgan fingerprint density at radius 2 is 2.05 bits per heavy atom. The zero-order chi connectivity index (χ0) is 15.6. The first-order valence-corrected chi connectivity index (χ1v) is 7.79. The number of rotatable bonds is 5. The first-order chi connectivity index (χ1) is 9.88. The molecular weight excluding hydrogens is 432 g/mol. The number of carboxylic acid groups (broad SMARTS) is 1. The standard InChI is InChI=1S/C11H6Br2N2O5S/c12-7-1-6(15(18)19)2-8(13)9(7)20-3-5-4-21-10(14-5)11(16)17/h1-2,4H,3H2,(H,16,17). The highest BCUT2D eigenvalue weighted by Gasteiger charge is 2.16. The van der Waals surface area contributed by atoms with Crippen molar-refractivity contribution in [2.75, 3.05) is 0 Å². The molecule has 0 atom stereocenters. The van der Waals surface area contributed by atoms with Gasteiger partial charge in [-0.25, -0.2) is 9.78 Å². The van der Waals surface area contributed by atoms with E-state index in [1.165, 1.54) is 12.1 Å². The van der Waals surface area contributed by atoms with E-state index in [0.29, 0.717) is 20.4 Å². The van der Waals surface area contributed by atoms with Crippen LogP contribution in [0.25, 0.3) is 0 Å². The van der Waals surface area contributed by atoms with Crippen molar-refractivity contribution in [3.05, 3.63) is 47.3 Å². The number of ether oxygens (including phenoxy) is 1. The van der Waals surface area contributed by atoms with Crippen molar-refractivity contribution >= 4 is 54.9 Å². The van der Waals surface area contributed by atoms with E-state index >= 15 is 0 Å². The van der Waals surface area contributed by atoms with Gasteiger partial charge < -0.3 is 9.84 Å². The number of hydrogen-bond acceptors (Lipinski definition) is 6. The fraction of sp³-hybridized carbons (Fsp3) is 0.0909. The molecule has 0 aliphatic carbocycles. The van der Waals surface area contributed by atoms with Crippen molar-refractivity contribution in [3.8, 4) is 5.75 Å². The van der Waals surface area contributed by atoms with E-state index < -0.39 is 10.9 Å². The van der Waals surface area contributed by atoms with Crippen LogP contribution in [-0.4, -0.2) is 21.0 Å². The average molecular weight is 438 g/mol. The molecule has 0 radical (unpaired) electrons.